The van der Waals surface area contributed by atoms with E-state index in [4.69, 9.17) is 10.8 Å². The molecule has 0 bridgehead atoms. The minimum atomic E-state index is -1.25. The van der Waals surface area contributed by atoms with E-state index in [0.717, 1.165) is 15.7 Å². The SMILES string of the molecule is N#C[C@@H](C(N)=O)[C@@H](c1ccc(Br)cc1)[C@@H]1C(=O)N(c2nc(-c3ccccc3)cs2)N=C1c1ccccc1. The summed E-state index contributed by atoms with van der Waals surface area (Å²) >= 11 is 4.72. The van der Waals surface area contributed by atoms with E-state index in [9.17, 15) is 14.9 Å². The van der Waals surface area contributed by atoms with Crippen LogP contribution in [-0.2, 0) is 9.59 Å². The fourth-order valence-corrected chi connectivity index (χ4v) is 5.51. The molecule has 2 heterocycles. The van der Waals surface area contributed by atoms with Crippen LogP contribution in [0.15, 0.2) is 99.9 Å². The summed E-state index contributed by atoms with van der Waals surface area (Å²) < 4.78 is 0.829. The highest BCUT2D eigenvalue weighted by molar-refractivity contribution is 9.10. The molecule has 182 valence electrons. The summed E-state index contributed by atoms with van der Waals surface area (Å²) in [6.45, 7) is 0. The van der Waals surface area contributed by atoms with Gasteiger partial charge in [0.1, 0.15) is 5.92 Å². The first kappa shape index (κ1) is 24.6. The predicted molar refractivity (Wildman–Crippen MR) is 147 cm³/mol. The lowest BCUT2D eigenvalue weighted by Crippen LogP contribution is -2.39. The van der Waals surface area contributed by atoms with E-state index in [1.54, 1.807) is 24.3 Å². The maximum absolute atomic E-state index is 14.1. The lowest BCUT2D eigenvalue weighted by molar-refractivity contribution is -0.123. The topological polar surface area (TPSA) is 112 Å². The van der Waals surface area contributed by atoms with E-state index in [0.29, 0.717) is 22.0 Å². The van der Waals surface area contributed by atoms with Gasteiger partial charge in [0.2, 0.25) is 11.0 Å². The molecule has 4 aromatic rings. The van der Waals surface area contributed by atoms with Crippen LogP contribution in [0.5, 0.6) is 0 Å². The van der Waals surface area contributed by atoms with Gasteiger partial charge in [-0.2, -0.15) is 15.4 Å². The molecule has 0 unspecified atom stereocenters. The molecule has 3 aromatic carbocycles. The first-order chi connectivity index (χ1) is 18.0. The molecule has 0 saturated carbocycles. The Bertz CT molecular complexity index is 1510. The van der Waals surface area contributed by atoms with Crippen molar-refractivity contribution in [3.05, 3.63) is 106 Å². The van der Waals surface area contributed by atoms with Gasteiger partial charge in [0.15, 0.2) is 0 Å². The smallest absolute Gasteiger partial charge is 0.259 e. The minimum absolute atomic E-state index is 0.373. The van der Waals surface area contributed by atoms with Crippen LogP contribution in [0.1, 0.15) is 17.0 Å². The zero-order valence-electron chi connectivity index (χ0n) is 19.4. The van der Waals surface area contributed by atoms with Gasteiger partial charge >= 0.3 is 0 Å². The molecular formula is C28H20BrN5O2S. The Morgan fingerprint density at radius 1 is 1.00 bits per heavy atom. The number of primary amides is 1. The first-order valence-corrected chi connectivity index (χ1v) is 13.1. The van der Waals surface area contributed by atoms with Crippen LogP contribution in [-0.4, -0.2) is 22.5 Å². The normalized spacial score (nSPS) is 16.6. The number of rotatable bonds is 7. The zero-order valence-corrected chi connectivity index (χ0v) is 21.8. The number of nitrogens with zero attached hydrogens (tertiary/aromatic N) is 4. The Morgan fingerprint density at radius 2 is 1.62 bits per heavy atom. The summed E-state index contributed by atoms with van der Waals surface area (Å²) in [7, 11) is 0. The molecule has 1 aliphatic heterocycles. The number of carbonyl (C=O) groups is 2. The van der Waals surface area contributed by atoms with Gasteiger partial charge in [-0.3, -0.25) is 9.59 Å². The number of thiazole rings is 1. The largest absolute Gasteiger partial charge is 0.369 e. The molecule has 3 atom stereocenters. The molecule has 0 aliphatic carbocycles. The molecular weight excluding hydrogens is 550 g/mol. The number of amides is 2. The van der Waals surface area contributed by atoms with Crippen LogP contribution in [0.25, 0.3) is 11.3 Å². The Kier molecular flexibility index (Phi) is 6.95. The van der Waals surface area contributed by atoms with E-state index in [1.807, 2.05) is 72.1 Å². The second-order valence-corrected chi connectivity index (χ2v) is 10.2. The summed E-state index contributed by atoms with van der Waals surface area (Å²) in [5.74, 6) is -4.19. The average Bonchev–Trinajstić information content (AvgIpc) is 3.54. The molecule has 1 aliphatic rings. The van der Waals surface area contributed by atoms with Crippen LogP contribution < -0.4 is 10.7 Å². The molecule has 37 heavy (non-hydrogen) atoms. The van der Waals surface area contributed by atoms with Crippen molar-refractivity contribution in [3.8, 4) is 17.3 Å². The van der Waals surface area contributed by atoms with Crippen LogP contribution >= 0.6 is 27.3 Å². The van der Waals surface area contributed by atoms with Gasteiger partial charge in [-0.25, -0.2) is 4.98 Å². The molecule has 0 spiro atoms. The van der Waals surface area contributed by atoms with E-state index in [-0.39, 0.29) is 5.91 Å². The second-order valence-electron chi connectivity index (χ2n) is 8.45. The number of hydrazone groups is 1. The average molecular weight is 570 g/mol. The Balaban J connectivity index is 1.63. The molecule has 0 saturated heterocycles. The van der Waals surface area contributed by atoms with Crippen molar-refractivity contribution < 1.29 is 9.59 Å². The quantitative estimate of drug-likeness (QED) is 0.323. The number of aromatic nitrogens is 1. The van der Waals surface area contributed by atoms with E-state index in [2.05, 4.69) is 20.9 Å². The summed E-state index contributed by atoms with van der Waals surface area (Å²) in [4.78, 5) is 31.2. The number of nitrogens with two attached hydrogens (primary N) is 1. The third kappa shape index (κ3) is 4.81. The van der Waals surface area contributed by atoms with Gasteiger partial charge in [-0.1, -0.05) is 88.7 Å². The zero-order chi connectivity index (χ0) is 25.9. The number of hydrogen-bond acceptors (Lipinski definition) is 6. The Morgan fingerprint density at radius 3 is 2.22 bits per heavy atom. The number of halogens is 1. The Labute approximate surface area is 226 Å². The first-order valence-electron chi connectivity index (χ1n) is 11.4. The lowest BCUT2D eigenvalue weighted by atomic mass is 9.73. The lowest BCUT2D eigenvalue weighted by Gasteiger charge is -2.26. The van der Waals surface area contributed by atoms with Gasteiger partial charge in [0.25, 0.3) is 5.91 Å². The van der Waals surface area contributed by atoms with Crippen molar-refractivity contribution in [2.75, 3.05) is 5.01 Å². The number of anilines is 1. The van der Waals surface area contributed by atoms with Gasteiger partial charge in [-0.05, 0) is 23.3 Å². The van der Waals surface area contributed by atoms with Crippen molar-refractivity contribution in [1.82, 2.24) is 4.98 Å². The highest BCUT2D eigenvalue weighted by Crippen LogP contribution is 2.41. The van der Waals surface area contributed by atoms with Crippen molar-refractivity contribution in [3.63, 3.8) is 0 Å². The van der Waals surface area contributed by atoms with Gasteiger partial charge < -0.3 is 5.73 Å². The second kappa shape index (κ2) is 10.5. The van der Waals surface area contributed by atoms with Crippen molar-refractivity contribution in [2.45, 2.75) is 5.92 Å². The van der Waals surface area contributed by atoms with Crippen LogP contribution in [0.2, 0.25) is 0 Å². The van der Waals surface area contributed by atoms with E-state index >= 15 is 0 Å². The third-order valence-electron chi connectivity index (χ3n) is 6.21. The van der Waals surface area contributed by atoms with Crippen LogP contribution in [0, 0.1) is 23.2 Å². The highest BCUT2D eigenvalue weighted by atomic mass is 79.9. The standard InChI is InChI=1S/C28H20BrN5O2S/c29-20-13-11-18(12-14-20)23(21(15-30)26(31)35)24-25(19-9-5-2-6-10-19)33-34(27(24)36)28-32-22(16-37-28)17-7-3-1-4-8-17/h1-14,16,21,23-24H,(H2,31,35)/t21-,23-,24+/m1/s1. The van der Waals surface area contributed by atoms with Crippen molar-refractivity contribution >= 4 is 49.9 Å². The fourth-order valence-electron chi connectivity index (χ4n) is 4.46. The van der Waals surface area contributed by atoms with Crippen LogP contribution in [0.4, 0.5) is 5.13 Å². The van der Waals surface area contributed by atoms with Crippen LogP contribution in [0.3, 0.4) is 0 Å². The fraction of sp³-hybridized carbons (Fsp3) is 0.107. The third-order valence-corrected chi connectivity index (χ3v) is 7.55. The molecule has 2 N–H and O–H groups in total. The summed E-state index contributed by atoms with van der Waals surface area (Å²) in [5.41, 5.74) is 9.14. The van der Waals surface area contributed by atoms with Gasteiger partial charge in [0, 0.05) is 21.3 Å². The predicted octanol–water partition coefficient (Wildman–Crippen LogP) is 5.35. The summed E-state index contributed by atoms with van der Waals surface area (Å²) in [6.07, 6.45) is 0. The number of benzene rings is 3. The highest BCUT2D eigenvalue weighted by Gasteiger charge is 2.48. The molecule has 0 radical (unpaired) electrons. The molecule has 0 fully saturated rings. The monoisotopic (exact) mass is 569 g/mol. The molecule has 9 heteroatoms. The maximum Gasteiger partial charge on any atom is 0.259 e. The van der Waals surface area contributed by atoms with Crippen molar-refractivity contribution in [1.29, 1.82) is 5.26 Å². The Hall–Kier alpha value is -4.13. The summed E-state index contributed by atoms with van der Waals surface area (Å²) in [5, 5.41) is 18.2. The minimum Gasteiger partial charge on any atom is -0.369 e. The molecule has 7 nitrogen and oxygen atoms in total. The molecule has 1 aromatic heterocycles. The van der Waals surface area contributed by atoms with Crippen molar-refractivity contribution in [2.24, 2.45) is 22.7 Å². The molecule has 5 rings (SSSR count). The van der Waals surface area contributed by atoms with Gasteiger partial charge in [-0.15, -0.1) is 11.3 Å². The van der Waals surface area contributed by atoms with E-state index in [1.165, 1.54) is 16.3 Å². The molecule has 2 amide bonds. The summed E-state index contributed by atoms with van der Waals surface area (Å²) in [6, 6.07) is 28.2. The number of hydrogen-bond donors (Lipinski definition) is 1. The van der Waals surface area contributed by atoms with E-state index < -0.39 is 23.7 Å². The number of carbonyl (C=O) groups excluding carboxylic acids is 2. The van der Waals surface area contributed by atoms with Gasteiger partial charge in [0.05, 0.1) is 23.4 Å². The number of nitriles is 1. The maximum atomic E-state index is 14.1.